The minimum Gasteiger partial charge on any atom is -0.421 e. The van der Waals surface area contributed by atoms with Crippen LogP contribution in [0.15, 0.2) is 0 Å². The summed E-state index contributed by atoms with van der Waals surface area (Å²) in [5.74, 6) is -0.634. The van der Waals surface area contributed by atoms with Gasteiger partial charge in [0.2, 0.25) is 0 Å². The predicted octanol–water partition coefficient (Wildman–Crippen LogP) is 1.50. The topological polar surface area (TPSA) is 105 Å². The molecule has 1 rings (SSSR count). The fourth-order valence-electron chi connectivity index (χ4n) is 2.38. The minimum absolute atomic E-state index is 0.508. The van der Waals surface area contributed by atoms with Gasteiger partial charge in [-0.25, -0.2) is 0 Å². The quantitative estimate of drug-likeness (QED) is 0.444. The smallest absolute Gasteiger partial charge is 0.326 e. The van der Waals surface area contributed by atoms with E-state index in [1.165, 1.54) is 0 Å². The van der Waals surface area contributed by atoms with Crippen molar-refractivity contribution < 1.29 is 19.1 Å². The number of thioether (sulfide) groups is 2. The van der Waals surface area contributed by atoms with Gasteiger partial charge in [0.05, 0.1) is 0 Å². The molecule has 0 aromatic rings. The average molecular weight is 365 g/mol. The van der Waals surface area contributed by atoms with Gasteiger partial charge >= 0.3 is 11.9 Å². The molecular weight excluding hydrogens is 336 g/mol. The van der Waals surface area contributed by atoms with Crippen LogP contribution in [0.25, 0.3) is 0 Å². The summed E-state index contributed by atoms with van der Waals surface area (Å²) in [7, 11) is 0. The van der Waals surface area contributed by atoms with Crippen molar-refractivity contribution in [3.05, 3.63) is 0 Å². The number of hydrogen-bond donors (Lipinski definition) is 2. The third kappa shape index (κ3) is 6.91. The van der Waals surface area contributed by atoms with E-state index < -0.39 is 29.8 Å². The molecule has 134 valence electrons. The molecule has 0 unspecified atom stereocenters. The first kappa shape index (κ1) is 20.6. The van der Waals surface area contributed by atoms with Crippen molar-refractivity contribution in [1.29, 1.82) is 0 Å². The highest BCUT2D eigenvalue weighted by molar-refractivity contribution is 7.98. The summed E-state index contributed by atoms with van der Waals surface area (Å²) < 4.78 is 11.0. The van der Waals surface area contributed by atoms with E-state index in [2.05, 4.69) is 0 Å². The van der Waals surface area contributed by atoms with Crippen LogP contribution < -0.4 is 11.5 Å². The SMILES string of the molecule is CSCC[C@H](N)C(=O)OC1(OC(=O)[C@@H](N)CCSC)CCCC1. The molecule has 0 aromatic heterocycles. The molecule has 2 atom stereocenters. The lowest BCUT2D eigenvalue weighted by Crippen LogP contribution is -2.46. The Balaban J connectivity index is 2.61. The fraction of sp³-hybridized carbons (Fsp3) is 0.867. The molecule has 0 spiro atoms. The van der Waals surface area contributed by atoms with E-state index in [1.54, 1.807) is 23.5 Å². The molecule has 23 heavy (non-hydrogen) atoms. The maximum Gasteiger partial charge on any atom is 0.326 e. The van der Waals surface area contributed by atoms with E-state index in [0.717, 1.165) is 24.3 Å². The van der Waals surface area contributed by atoms with E-state index >= 15 is 0 Å². The van der Waals surface area contributed by atoms with Crippen LogP contribution in [0.4, 0.5) is 0 Å². The summed E-state index contributed by atoms with van der Waals surface area (Å²) >= 11 is 3.24. The summed E-state index contributed by atoms with van der Waals surface area (Å²) in [6.45, 7) is 0. The molecule has 4 N–H and O–H groups in total. The molecule has 0 amide bonds. The second-order valence-electron chi connectivity index (χ2n) is 5.74. The number of esters is 2. The molecule has 1 saturated carbocycles. The molecule has 1 fully saturated rings. The van der Waals surface area contributed by atoms with Crippen molar-refractivity contribution in [2.75, 3.05) is 24.0 Å². The Kier molecular flexibility index (Phi) is 9.34. The number of carbonyl (C=O) groups excluding carboxylic acids is 2. The normalized spacial score (nSPS) is 19.1. The van der Waals surface area contributed by atoms with Crippen molar-refractivity contribution in [2.45, 2.75) is 56.4 Å². The Hall–Kier alpha value is -0.440. The Bertz CT molecular complexity index is 360. The van der Waals surface area contributed by atoms with Crippen LogP contribution in [0.1, 0.15) is 38.5 Å². The monoisotopic (exact) mass is 364 g/mol. The summed E-state index contributed by atoms with van der Waals surface area (Å²) in [5, 5.41) is 0. The highest BCUT2D eigenvalue weighted by Crippen LogP contribution is 2.35. The molecule has 8 heteroatoms. The Morgan fingerprint density at radius 1 is 0.957 bits per heavy atom. The zero-order valence-electron chi connectivity index (χ0n) is 13.9. The van der Waals surface area contributed by atoms with Crippen LogP contribution >= 0.6 is 23.5 Å². The zero-order chi connectivity index (χ0) is 17.3. The van der Waals surface area contributed by atoms with Gasteiger partial charge in [-0.2, -0.15) is 23.5 Å². The predicted molar refractivity (Wildman–Crippen MR) is 95.3 cm³/mol. The van der Waals surface area contributed by atoms with Crippen molar-refractivity contribution in [3.63, 3.8) is 0 Å². The number of rotatable bonds is 10. The summed E-state index contributed by atoms with van der Waals surface area (Å²) in [6, 6.07) is -1.38. The first-order chi connectivity index (χ1) is 10.9. The van der Waals surface area contributed by atoms with E-state index in [9.17, 15) is 9.59 Å². The van der Waals surface area contributed by atoms with Gasteiger partial charge in [-0.05, 0) is 49.7 Å². The minimum atomic E-state index is -1.18. The molecule has 0 aromatic carbocycles. The number of nitrogens with two attached hydrogens (primary N) is 2. The Morgan fingerprint density at radius 3 is 1.70 bits per heavy atom. The number of carbonyl (C=O) groups is 2. The maximum absolute atomic E-state index is 12.2. The summed E-state index contributed by atoms with van der Waals surface area (Å²) in [4.78, 5) is 24.3. The molecular formula is C15H28N2O4S2. The average Bonchev–Trinajstić information content (AvgIpc) is 2.97. The van der Waals surface area contributed by atoms with Gasteiger partial charge < -0.3 is 20.9 Å². The third-order valence-electron chi connectivity index (χ3n) is 3.81. The van der Waals surface area contributed by atoms with Crippen LogP contribution in [-0.4, -0.2) is 53.8 Å². The van der Waals surface area contributed by atoms with Crippen molar-refractivity contribution in [1.82, 2.24) is 0 Å². The largest absolute Gasteiger partial charge is 0.421 e. The van der Waals surface area contributed by atoms with E-state index in [0.29, 0.717) is 25.7 Å². The molecule has 6 nitrogen and oxygen atoms in total. The third-order valence-corrected chi connectivity index (χ3v) is 5.10. The highest BCUT2D eigenvalue weighted by atomic mass is 32.2. The fourth-order valence-corrected chi connectivity index (χ4v) is 3.36. The van der Waals surface area contributed by atoms with E-state index in [1.807, 2.05) is 12.5 Å². The summed E-state index contributed by atoms with van der Waals surface area (Å²) in [6.07, 6.45) is 7.70. The second kappa shape index (κ2) is 10.4. The second-order valence-corrected chi connectivity index (χ2v) is 7.71. The van der Waals surface area contributed by atoms with Crippen molar-refractivity contribution in [3.8, 4) is 0 Å². The van der Waals surface area contributed by atoms with Gasteiger partial charge in [0.1, 0.15) is 12.1 Å². The Labute approximate surface area is 146 Å². The lowest BCUT2D eigenvalue weighted by Gasteiger charge is -2.30. The van der Waals surface area contributed by atoms with Crippen molar-refractivity contribution in [2.24, 2.45) is 11.5 Å². The zero-order valence-corrected chi connectivity index (χ0v) is 15.5. The van der Waals surface area contributed by atoms with Gasteiger partial charge in [0.25, 0.3) is 5.79 Å². The maximum atomic E-state index is 12.2. The highest BCUT2D eigenvalue weighted by Gasteiger charge is 2.43. The summed E-state index contributed by atoms with van der Waals surface area (Å²) in [5.41, 5.74) is 11.7. The number of ether oxygens (including phenoxy) is 2. The van der Waals surface area contributed by atoms with E-state index in [4.69, 9.17) is 20.9 Å². The molecule has 0 bridgehead atoms. The van der Waals surface area contributed by atoms with Gasteiger partial charge in [-0.15, -0.1) is 0 Å². The van der Waals surface area contributed by atoms with Gasteiger partial charge in [-0.1, -0.05) is 0 Å². The Morgan fingerprint density at radius 2 is 1.35 bits per heavy atom. The van der Waals surface area contributed by atoms with Crippen molar-refractivity contribution >= 4 is 35.5 Å². The van der Waals surface area contributed by atoms with Crippen LogP contribution in [0.2, 0.25) is 0 Å². The molecule has 1 aliphatic rings. The van der Waals surface area contributed by atoms with Crippen LogP contribution in [0.5, 0.6) is 0 Å². The first-order valence-corrected chi connectivity index (χ1v) is 10.7. The lowest BCUT2D eigenvalue weighted by molar-refractivity contribution is -0.228. The van der Waals surface area contributed by atoms with Crippen LogP contribution in [0, 0.1) is 0 Å². The molecule has 0 saturated heterocycles. The van der Waals surface area contributed by atoms with Crippen LogP contribution in [-0.2, 0) is 19.1 Å². The van der Waals surface area contributed by atoms with Gasteiger partial charge in [0, 0.05) is 12.8 Å². The first-order valence-electron chi connectivity index (χ1n) is 7.89. The van der Waals surface area contributed by atoms with Gasteiger partial charge in [0.15, 0.2) is 0 Å². The van der Waals surface area contributed by atoms with Crippen LogP contribution in [0.3, 0.4) is 0 Å². The van der Waals surface area contributed by atoms with E-state index in [-0.39, 0.29) is 0 Å². The molecule has 1 aliphatic carbocycles. The lowest BCUT2D eigenvalue weighted by atomic mass is 10.2. The molecule has 0 radical (unpaired) electrons. The molecule has 0 aliphatic heterocycles. The molecule has 0 heterocycles. The number of hydrogen-bond acceptors (Lipinski definition) is 8. The standard InChI is InChI=1S/C15H28N2O4S2/c1-22-9-5-11(16)13(18)20-15(7-3-4-8-15)21-14(19)12(17)6-10-23-2/h11-12H,3-10,16-17H2,1-2H3/t11-,12-/m0/s1. The van der Waals surface area contributed by atoms with Gasteiger partial charge in [-0.3, -0.25) is 9.59 Å².